The van der Waals surface area contributed by atoms with Gasteiger partial charge in [0.1, 0.15) is 5.75 Å². The lowest BCUT2D eigenvalue weighted by Gasteiger charge is -2.20. The number of halogens is 1. The maximum atomic E-state index is 12.3. The van der Waals surface area contributed by atoms with E-state index in [1.165, 1.54) is 5.56 Å². The molecule has 0 N–H and O–H groups in total. The molecule has 22 heavy (non-hydrogen) atoms. The summed E-state index contributed by atoms with van der Waals surface area (Å²) in [5.41, 5.74) is 3.37. The zero-order chi connectivity index (χ0) is 15.5. The molecule has 2 aromatic rings. The maximum Gasteiger partial charge on any atom is 0.261 e. The number of carbonyl (C=O) groups excluding carboxylic acids is 1. The Morgan fingerprint density at radius 3 is 2.59 bits per heavy atom. The van der Waals surface area contributed by atoms with E-state index in [0.29, 0.717) is 18.1 Å². The largest absolute Gasteiger partial charge is 0.483 e. The average Bonchev–Trinajstić information content (AvgIpc) is 2.68. The Hall–Kier alpha value is -2.00. The van der Waals surface area contributed by atoms with Gasteiger partial charge < -0.3 is 9.64 Å². The van der Waals surface area contributed by atoms with Gasteiger partial charge in [-0.3, -0.25) is 4.79 Å². The van der Waals surface area contributed by atoms with Crippen molar-refractivity contribution in [3.05, 3.63) is 64.2 Å². The predicted octanol–water partition coefficient (Wildman–Crippen LogP) is 3.82. The van der Waals surface area contributed by atoms with Gasteiger partial charge in [-0.25, -0.2) is 0 Å². The molecular formula is C18H18ClNO2. The Bertz CT molecular complexity index is 682. The van der Waals surface area contributed by atoms with Gasteiger partial charge >= 0.3 is 0 Å². The quantitative estimate of drug-likeness (QED) is 0.861. The van der Waals surface area contributed by atoms with E-state index in [4.69, 9.17) is 16.3 Å². The number of aryl methyl sites for hydroxylation is 1. The molecule has 0 atom stereocenters. The van der Waals surface area contributed by atoms with Gasteiger partial charge in [-0.2, -0.15) is 0 Å². The van der Waals surface area contributed by atoms with Crippen LogP contribution in [-0.4, -0.2) is 17.4 Å². The van der Waals surface area contributed by atoms with Crippen LogP contribution in [0.3, 0.4) is 0 Å². The first-order valence-electron chi connectivity index (χ1n) is 7.42. The van der Waals surface area contributed by atoms with E-state index < -0.39 is 0 Å². The third kappa shape index (κ3) is 3.25. The highest BCUT2D eigenvalue weighted by Crippen LogP contribution is 2.27. The smallest absolute Gasteiger partial charge is 0.261 e. The second kappa shape index (κ2) is 6.41. The highest BCUT2D eigenvalue weighted by molar-refractivity contribution is 6.30. The summed E-state index contributed by atoms with van der Waals surface area (Å²) in [4.78, 5) is 14.1. The molecule has 0 radical (unpaired) electrons. The van der Waals surface area contributed by atoms with Gasteiger partial charge in [-0.05, 0) is 35.7 Å². The Morgan fingerprint density at radius 1 is 1.14 bits per heavy atom. The average molecular weight is 316 g/mol. The summed E-state index contributed by atoms with van der Waals surface area (Å²) >= 11 is 6.05. The van der Waals surface area contributed by atoms with Crippen molar-refractivity contribution in [2.24, 2.45) is 0 Å². The molecule has 1 amide bonds. The predicted molar refractivity (Wildman–Crippen MR) is 87.0 cm³/mol. The van der Waals surface area contributed by atoms with Crippen LogP contribution in [0.2, 0.25) is 5.02 Å². The summed E-state index contributed by atoms with van der Waals surface area (Å²) in [5, 5.41) is 0.656. The minimum atomic E-state index is -0.00751. The second-order valence-electron chi connectivity index (χ2n) is 5.46. The highest BCUT2D eigenvalue weighted by atomic mass is 35.5. The topological polar surface area (TPSA) is 29.5 Å². The molecule has 0 unspecified atom stereocenters. The van der Waals surface area contributed by atoms with Crippen molar-refractivity contribution in [2.45, 2.75) is 26.4 Å². The lowest BCUT2D eigenvalue weighted by atomic mass is 10.1. The van der Waals surface area contributed by atoms with Gasteiger partial charge in [0.2, 0.25) is 0 Å². The number of nitrogens with zero attached hydrogens (tertiary/aromatic N) is 1. The summed E-state index contributed by atoms with van der Waals surface area (Å²) in [6, 6.07) is 13.8. The molecule has 0 saturated carbocycles. The number of fused-ring (bicyclic) bond motifs is 1. The molecule has 114 valence electrons. The number of ether oxygens (including phenoxy) is 1. The van der Waals surface area contributed by atoms with Crippen molar-refractivity contribution in [1.82, 2.24) is 4.90 Å². The Labute approximate surface area is 135 Å². The SMILES string of the molecule is CCc1ccc(CN2Cc3cc(Cl)ccc3OCC2=O)cc1. The van der Waals surface area contributed by atoms with Crippen LogP contribution < -0.4 is 4.74 Å². The fourth-order valence-electron chi connectivity index (χ4n) is 2.58. The molecule has 2 aromatic carbocycles. The Kier molecular flexibility index (Phi) is 4.34. The summed E-state index contributed by atoms with van der Waals surface area (Å²) in [6.07, 6.45) is 1.02. The molecule has 3 rings (SSSR count). The summed E-state index contributed by atoms with van der Waals surface area (Å²) in [5.74, 6) is 0.730. The number of benzene rings is 2. The van der Waals surface area contributed by atoms with E-state index in [2.05, 4.69) is 31.2 Å². The minimum Gasteiger partial charge on any atom is -0.483 e. The van der Waals surface area contributed by atoms with Gasteiger partial charge in [0, 0.05) is 23.7 Å². The van der Waals surface area contributed by atoms with E-state index in [1.807, 2.05) is 17.0 Å². The maximum absolute atomic E-state index is 12.3. The van der Waals surface area contributed by atoms with E-state index in [-0.39, 0.29) is 12.5 Å². The van der Waals surface area contributed by atoms with Crippen LogP contribution in [0.1, 0.15) is 23.6 Å². The fourth-order valence-corrected chi connectivity index (χ4v) is 2.78. The summed E-state index contributed by atoms with van der Waals surface area (Å²) in [6.45, 7) is 3.30. The second-order valence-corrected chi connectivity index (χ2v) is 5.90. The van der Waals surface area contributed by atoms with Crippen molar-refractivity contribution in [3.8, 4) is 5.75 Å². The van der Waals surface area contributed by atoms with E-state index in [9.17, 15) is 4.79 Å². The standard InChI is InChI=1S/C18H18ClNO2/c1-2-13-3-5-14(6-4-13)10-20-11-15-9-16(19)7-8-17(15)22-12-18(20)21/h3-9H,2,10-12H2,1H3. The molecular weight excluding hydrogens is 298 g/mol. The number of carbonyl (C=O) groups is 1. The van der Waals surface area contributed by atoms with Crippen LogP contribution in [0.15, 0.2) is 42.5 Å². The molecule has 0 saturated heterocycles. The van der Waals surface area contributed by atoms with Crippen molar-refractivity contribution in [1.29, 1.82) is 0 Å². The lowest BCUT2D eigenvalue weighted by molar-refractivity contribution is -0.133. The fraction of sp³-hybridized carbons (Fsp3) is 0.278. The van der Waals surface area contributed by atoms with Gasteiger partial charge in [-0.15, -0.1) is 0 Å². The van der Waals surface area contributed by atoms with E-state index in [1.54, 1.807) is 6.07 Å². The molecule has 0 bridgehead atoms. The van der Waals surface area contributed by atoms with Crippen molar-refractivity contribution < 1.29 is 9.53 Å². The van der Waals surface area contributed by atoms with Crippen molar-refractivity contribution >= 4 is 17.5 Å². The van der Waals surface area contributed by atoms with Gasteiger partial charge in [0.15, 0.2) is 6.61 Å². The molecule has 0 fully saturated rings. The van der Waals surface area contributed by atoms with Crippen LogP contribution in [0.25, 0.3) is 0 Å². The summed E-state index contributed by atoms with van der Waals surface area (Å²) in [7, 11) is 0. The third-order valence-corrected chi connectivity index (χ3v) is 4.13. The third-order valence-electron chi connectivity index (χ3n) is 3.89. The molecule has 1 aliphatic heterocycles. The lowest BCUT2D eigenvalue weighted by Crippen LogP contribution is -2.31. The highest BCUT2D eigenvalue weighted by Gasteiger charge is 2.21. The van der Waals surface area contributed by atoms with Gasteiger partial charge in [-0.1, -0.05) is 42.8 Å². The number of rotatable bonds is 3. The van der Waals surface area contributed by atoms with Gasteiger partial charge in [0.05, 0.1) is 0 Å². The Morgan fingerprint density at radius 2 is 1.86 bits per heavy atom. The molecule has 1 heterocycles. The number of hydrogen-bond acceptors (Lipinski definition) is 2. The zero-order valence-electron chi connectivity index (χ0n) is 12.5. The minimum absolute atomic E-state index is 0.00751. The van der Waals surface area contributed by atoms with Crippen LogP contribution in [0.4, 0.5) is 0 Å². The molecule has 0 aliphatic carbocycles. The number of amides is 1. The zero-order valence-corrected chi connectivity index (χ0v) is 13.3. The first-order chi connectivity index (χ1) is 10.7. The first-order valence-corrected chi connectivity index (χ1v) is 7.80. The van der Waals surface area contributed by atoms with Crippen LogP contribution >= 0.6 is 11.6 Å². The molecule has 0 aromatic heterocycles. The normalized spacial score (nSPS) is 14.3. The van der Waals surface area contributed by atoms with E-state index in [0.717, 1.165) is 23.3 Å². The first kappa shape index (κ1) is 14.9. The van der Waals surface area contributed by atoms with E-state index >= 15 is 0 Å². The molecule has 1 aliphatic rings. The van der Waals surface area contributed by atoms with Crippen molar-refractivity contribution in [3.63, 3.8) is 0 Å². The van der Waals surface area contributed by atoms with Gasteiger partial charge in [0.25, 0.3) is 5.91 Å². The van der Waals surface area contributed by atoms with Crippen molar-refractivity contribution in [2.75, 3.05) is 6.61 Å². The number of hydrogen-bond donors (Lipinski definition) is 0. The monoisotopic (exact) mass is 315 g/mol. The Balaban J connectivity index is 1.81. The molecule has 3 nitrogen and oxygen atoms in total. The molecule has 0 spiro atoms. The van der Waals surface area contributed by atoms with Crippen LogP contribution in [-0.2, 0) is 24.3 Å². The summed E-state index contributed by atoms with van der Waals surface area (Å²) < 4.78 is 5.57. The van der Waals surface area contributed by atoms with Crippen LogP contribution in [0, 0.1) is 0 Å². The van der Waals surface area contributed by atoms with Crippen LogP contribution in [0.5, 0.6) is 5.75 Å². The molecule has 4 heteroatoms.